The van der Waals surface area contributed by atoms with E-state index in [-0.39, 0.29) is 17.6 Å². The highest BCUT2D eigenvalue weighted by atomic mass is 32.2. The van der Waals surface area contributed by atoms with E-state index in [2.05, 4.69) is 26.9 Å². The van der Waals surface area contributed by atoms with Crippen LogP contribution >= 0.6 is 11.8 Å². The van der Waals surface area contributed by atoms with Crippen molar-refractivity contribution >= 4 is 17.7 Å². The molecule has 0 spiro atoms. The molecule has 0 saturated heterocycles. The Morgan fingerprint density at radius 1 is 1.42 bits per heavy atom. The van der Waals surface area contributed by atoms with Crippen LogP contribution in [0.2, 0.25) is 0 Å². The van der Waals surface area contributed by atoms with Crippen molar-refractivity contribution in [2.75, 3.05) is 5.75 Å². The van der Waals surface area contributed by atoms with Crippen LogP contribution in [0.1, 0.15) is 26.3 Å². The second kappa shape index (κ2) is 7.45. The minimum Gasteiger partial charge on any atom is -0.337 e. The van der Waals surface area contributed by atoms with Gasteiger partial charge >= 0.3 is 0 Å². The fraction of sp³-hybridized carbons (Fsp3) is 0.438. The van der Waals surface area contributed by atoms with Crippen LogP contribution in [-0.2, 0) is 4.79 Å². The molecule has 0 aliphatic heterocycles. The van der Waals surface area contributed by atoms with Crippen LogP contribution in [0.5, 0.6) is 0 Å². The van der Waals surface area contributed by atoms with Crippen molar-refractivity contribution in [2.45, 2.75) is 38.4 Å². The molecule has 2 aromatic rings. The maximum absolute atomic E-state index is 12.1. The summed E-state index contributed by atoms with van der Waals surface area (Å²) in [6, 6.07) is 9.94. The third-order valence-electron chi connectivity index (χ3n) is 3.84. The van der Waals surface area contributed by atoms with Gasteiger partial charge in [0.15, 0.2) is 0 Å². The number of nitrogens with one attached hydrogen (secondary N) is 1. The molecule has 0 saturated carbocycles. The number of amides is 1. The van der Waals surface area contributed by atoms with E-state index in [1.165, 1.54) is 11.8 Å². The predicted molar refractivity (Wildman–Crippen MR) is 91.6 cm³/mol. The van der Waals surface area contributed by atoms with Gasteiger partial charge in [-0.2, -0.15) is 9.94 Å². The summed E-state index contributed by atoms with van der Waals surface area (Å²) in [5.74, 6) is -0.0820. The Morgan fingerprint density at radius 3 is 2.67 bits per heavy atom. The first-order valence-electron chi connectivity index (χ1n) is 7.56. The van der Waals surface area contributed by atoms with E-state index in [0.717, 1.165) is 11.3 Å². The number of aromatic nitrogens is 4. The first kappa shape index (κ1) is 17.9. The maximum atomic E-state index is 12.1. The Kier molecular flexibility index (Phi) is 5.57. The first-order valence-corrected chi connectivity index (χ1v) is 8.55. The summed E-state index contributed by atoms with van der Waals surface area (Å²) in [4.78, 5) is 12.1. The summed E-state index contributed by atoms with van der Waals surface area (Å²) >= 11 is 1.23. The quantitative estimate of drug-likeness (QED) is 0.806. The molecule has 1 aromatic heterocycles. The van der Waals surface area contributed by atoms with Gasteiger partial charge in [0, 0.05) is 0 Å². The molecular weight excluding hydrogens is 324 g/mol. The second-order valence-corrected chi connectivity index (χ2v) is 6.96. The van der Waals surface area contributed by atoms with E-state index < -0.39 is 5.54 Å². The van der Waals surface area contributed by atoms with Gasteiger partial charge in [-0.25, -0.2) is 0 Å². The molecule has 1 unspecified atom stereocenters. The minimum absolute atomic E-state index is 0.00864. The molecule has 0 radical (unpaired) electrons. The Hall–Kier alpha value is -2.40. The average molecular weight is 344 g/mol. The van der Waals surface area contributed by atoms with Gasteiger partial charge < -0.3 is 5.32 Å². The lowest BCUT2D eigenvalue weighted by Crippen LogP contribution is -2.49. The lowest BCUT2D eigenvalue weighted by molar-refractivity contribution is -0.120. The highest BCUT2D eigenvalue weighted by Crippen LogP contribution is 2.20. The van der Waals surface area contributed by atoms with Crippen molar-refractivity contribution in [1.82, 2.24) is 25.5 Å². The van der Waals surface area contributed by atoms with Gasteiger partial charge in [0.1, 0.15) is 5.54 Å². The number of tetrazole rings is 1. The van der Waals surface area contributed by atoms with Crippen molar-refractivity contribution in [3.63, 3.8) is 0 Å². The molecule has 0 fully saturated rings. The Bertz CT molecular complexity index is 749. The lowest BCUT2D eigenvalue weighted by Gasteiger charge is -2.27. The summed E-state index contributed by atoms with van der Waals surface area (Å²) in [5.41, 5.74) is 1.09. The van der Waals surface area contributed by atoms with E-state index in [4.69, 9.17) is 0 Å². The topological polar surface area (TPSA) is 96.5 Å². The standard InChI is InChI=1S/C16H20N6OS/c1-11(2)16(4,10-17)18-14(23)9-24-15-19-20-21-22(15)13-7-5-12(3)6-8-13/h5-8,11H,9H2,1-4H3,(H,18,23). The number of hydrogen-bond acceptors (Lipinski definition) is 6. The molecule has 0 aliphatic carbocycles. The van der Waals surface area contributed by atoms with E-state index in [1.807, 2.05) is 45.0 Å². The molecule has 1 amide bonds. The van der Waals surface area contributed by atoms with Gasteiger partial charge in [0.2, 0.25) is 11.1 Å². The minimum atomic E-state index is -0.888. The fourth-order valence-electron chi connectivity index (χ4n) is 1.87. The number of hydrogen-bond donors (Lipinski definition) is 1. The van der Waals surface area contributed by atoms with Gasteiger partial charge in [-0.1, -0.05) is 43.3 Å². The van der Waals surface area contributed by atoms with E-state index in [9.17, 15) is 10.1 Å². The summed E-state index contributed by atoms with van der Waals surface area (Å²) in [5, 5.41) is 24.2. The highest BCUT2D eigenvalue weighted by molar-refractivity contribution is 7.99. The number of nitriles is 1. The molecule has 1 heterocycles. The van der Waals surface area contributed by atoms with Gasteiger partial charge in [0.25, 0.3) is 0 Å². The molecule has 1 N–H and O–H groups in total. The SMILES string of the molecule is Cc1ccc(-n2nnnc2SCC(=O)NC(C)(C#N)C(C)C)cc1. The molecule has 0 aliphatic rings. The zero-order chi connectivity index (χ0) is 17.7. The summed E-state index contributed by atoms with van der Waals surface area (Å²) in [6.45, 7) is 7.52. The summed E-state index contributed by atoms with van der Waals surface area (Å²) in [7, 11) is 0. The third-order valence-corrected chi connectivity index (χ3v) is 4.76. The Labute approximate surface area is 145 Å². The average Bonchev–Trinajstić information content (AvgIpc) is 3.02. The Morgan fingerprint density at radius 2 is 2.08 bits per heavy atom. The summed E-state index contributed by atoms with van der Waals surface area (Å²) < 4.78 is 1.59. The van der Waals surface area contributed by atoms with Crippen LogP contribution < -0.4 is 5.32 Å². The second-order valence-electron chi connectivity index (χ2n) is 6.01. The lowest BCUT2D eigenvalue weighted by atomic mass is 9.90. The molecule has 24 heavy (non-hydrogen) atoms. The van der Waals surface area contributed by atoms with E-state index in [1.54, 1.807) is 11.6 Å². The summed E-state index contributed by atoms with van der Waals surface area (Å²) in [6.07, 6.45) is 0. The number of carbonyl (C=O) groups is 1. The Balaban J connectivity index is 2.03. The van der Waals surface area contributed by atoms with E-state index in [0.29, 0.717) is 5.16 Å². The normalized spacial score (nSPS) is 13.3. The van der Waals surface area contributed by atoms with Gasteiger partial charge in [0.05, 0.1) is 17.5 Å². The number of carbonyl (C=O) groups excluding carboxylic acids is 1. The number of rotatable bonds is 6. The maximum Gasteiger partial charge on any atom is 0.231 e. The zero-order valence-electron chi connectivity index (χ0n) is 14.1. The molecule has 1 aromatic carbocycles. The zero-order valence-corrected chi connectivity index (χ0v) is 15.0. The number of nitrogens with zero attached hydrogens (tertiary/aromatic N) is 5. The van der Waals surface area contributed by atoms with Crippen LogP contribution in [0.4, 0.5) is 0 Å². The third kappa shape index (κ3) is 4.11. The molecular formula is C16H20N6OS. The monoisotopic (exact) mass is 344 g/mol. The smallest absolute Gasteiger partial charge is 0.231 e. The number of aryl methyl sites for hydroxylation is 1. The number of thioether (sulfide) groups is 1. The molecule has 8 heteroatoms. The first-order chi connectivity index (χ1) is 11.4. The van der Waals surface area contributed by atoms with E-state index >= 15 is 0 Å². The van der Waals surface area contributed by atoms with Gasteiger partial charge in [-0.3, -0.25) is 4.79 Å². The van der Waals surface area contributed by atoms with Crippen molar-refractivity contribution in [1.29, 1.82) is 5.26 Å². The molecule has 0 bridgehead atoms. The fourth-order valence-corrected chi connectivity index (χ4v) is 2.56. The van der Waals surface area contributed by atoms with Crippen LogP contribution in [0.3, 0.4) is 0 Å². The van der Waals surface area contributed by atoms with Crippen molar-refractivity contribution in [2.24, 2.45) is 5.92 Å². The molecule has 7 nitrogen and oxygen atoms in total. The predicted octanol–water partition coefficient (Wildman–Crippen LogP) is 2.12. The van der Waals surface area contributed by atoms with Crippen molar-refractivity contribution in [3.05, 3.63) is 29.8 Å². The molecule has 1 atom stereocenters. The number of benzene rings is 1. The van der Waals surface area contributed by atoms with Crippen LogP contribution in [0.15, 0.2) is 29.4 Å². The largest absolute Gasteiger partial charge is 0.337 e. The van der Waals surface area contributed by atoms with Crippen LogP contribution in [0.25, 0.3) is 5.69 Å². The van der Waals surface area contributed by atoms with Crippen molar-refractivity contribution in [3.8, 4) is 11.8 Å². The van der Waals surface area contributed by atoms with Crippen LogP contribution in [0, 0.1) is 24.2 Å². The van der Waals surface area contributed by atoms with Gasteiger partial charge in [-0.05, 0) is 42.3 Å². The van der Waals surface area contributed by atoms with Gasteiger partial charge in [-0.15, -0.1) is 5.10 Å². The highest BCUT2D eigenvalue weighted by Gasteiger charge is 2.30. The molecule has 126 valence electrons. The van der Waals surface area contributed by atoms with Crippen molar-refractivity contribution < 1.29 is 4.79 Å². The molecule has 2 rings (SSSR count). The van der Waals surface area contributed by atoms with Crippen LogP contribution in [-0.4, -0.2) is 37.4 Å².